The van der Waals surface area contributed by atoms with Gasteiger partial charge in [0.15, 0.2) is 0 Å². The van der Waals surface area contributed by atoms with Gasteiger partial charge in [-0.05, 0) is 37.8 Å². The molecular weight excluding hydrogens is 515 g/mol. The molecule has 199 valence electrons. The molecule has 0 spiro atoms. The van der Waals surface area contributed by atoms with Crippen LogP contribution in [-0.2, 0) is 34.7 Å². The Hall–Kier alpha value is -1.69. The van der Waals surface area contributed by atoms with Crippen molar-refractivity contribution in [3.63, 3.8) is 0 Å². The van der Waals surface area contributed by atoms with Crippen molar-refractivity contribution < 1.29 is 15.1 Å². The first-order valence-corrected chi connectivity index (χ1v) is 13.9. The summed E-state index contributed by atoms with van der Waals surface area (Å²) >= 11 is 3.66. The fourth-order valence-corrected chi connectivity index (χ4v) is 4.19. The van der Waals surface area contributed by atoms with Gasteiger partial charge in [-0.15, -0.1) is 0 Å². The van der Waals surface area contributed by atoms with Gasteiger partial charge in [0, 0.05) is 58.9 Å². The first-order chi connectivity index (χ1) is 17.6. The van der Waals surface area contributed by atoms with Gasteiger partial charge in [0.25, 0.3) is 0 Å². The minimum atomic E-state index is 0.997. The summed E-state index contributed by atoms with van der Waals surface area (Å²) in [5.74, 6) is 0. The van der Waals surface area contributed by atoms with Crippen LogP contribution in [0.25, 0.3) is 0 Å². The van der Waals surface area contributed by atoms with Gasteiger partial charge < -0.3 is 14.7 Å². The normalized spacial score (nSPS) is 11.3. The van der Waals surface area contributed by atoms with Gasteiger partial charge in [0.05, 0.1) is 0 Å². The third kappa shape index (κ3) is 13.0. The third-order valence-electron chi connectivity index (χ3n) is 6.28. The second-order valence-electron chi connectivity index (χ2n) is 9.51. The molecule has 0 amide bonds. The van der Waals surface area contributed by atoms with Crippen LogP contribution >= 0.6 is 10.1 Å². The number of nitrogens with zero attached hydrogens (tertiary/aromatic N) is 4. The predicted molar refractivity (Wildman–Crippen MR) is 151 cm³/mol. The van der Waals surface area contributed by atoms with Gasteiger partial charge in [0.2, 0.25) is 0 Å². The van der Waals surface area contributed by atoms with Gasteiger partial charge in [-0.2, -0.15) is 0 Å². The summed E-state index contributed by atoms with van der Waals surface area (Å²) in [6.07, 6.45) is 0. The van der Waals surface area contributed by atoms with Gasteiger partial charge >= 0.3 is 25.2 Å². The van der Waals surface area contributed by atoms with Crippen LogP contribution in [0.1, 0.15) is 16.7 Å². The van der Waals surface area contributed by atoms with E-state index in [1.807, 2.05) is 0 Å². The first-order valence-electron chi connectivity index (χ1n) is 12.6. The van der Waals surface area contributed by atoms with E-state index in [1.165, 1.54) is 16.7 Å². The van der Waals surface area contributed by atoms with Crippen molar-refractivity contribution in [1.82, 2.24) is 19.6 Å². The van der Waals surface area contributed by atoms with E-state index >= 15 is 0 Å². The molecule has 0 atom stereocenters. The summed E-state index contributed by atoms with van der Waals surface area (Å²) in [5, 5.41) is 0. The Balaban J connectivity index is 0.00000222. The number of halogens is 1. The van der Waals surface area contributed by atoms with Crippen LogP contribution in [0.2, 0.25) is 0 Å². The van der Waals surface area contributed by atoms with Crippen molar-refractivity contribution in [2.75, 3.05) is 60.4 Å². The molecule has 0 aliphatic carbocycles. The van der Waals surface area contributed by atoms with Crippen molar-refractivity contribution in [2.45, 2.75) is 19.6 Å². The summed E-state index contributed by atoms with van der Waals surface area (Å²) in [7, 11) is 10.9. The molecule has 0 saturated heterocycles. The molecule has 0 aliphatic rings. The Morgan fingerprint density at radius 2 is 0.694 bits per heavy atom. The summed E-state index contributed by atoms with van der Waals surface area (Å²) in [6, 6.07) is 32.3. The standard InChI is InChI=1S/C30H42N4.ClH.Cu/c1-31(25-28-13-7-4-8-14-28)19-22-34(23-20-32(2)26-29-15-9-5-10-16-29)24-21-33(3)27-30-17-11-6-12-18-30;;/h4-18H,19-27H2,1-3H3;1H;/q;;+2/p-1. The molecule has 0 fully saturated rings. The fraction of sp³-hybridized carbons (Fsp3) is 0.400. The summed E-state index contributed by atoms with van der Waals surface area (Å²) in [4.78, 5) is 9.93. The number of hydrogen-bond donors (Lipinski definition) is 0. The zero-order valence-electron chi connectivity index (χ0n) is 22.0. The van der Waals surface area contributed by atoms with E-state index in [0.717, 1.165) is 58.9 Å². The topological polar surface area (TPSA) is 13.0 Å². The van der Waals surface area contributed by atoms with Crippen LogP contribution in [0.3, 0.4) is 0 Å². The first kappa shape index (κ1) is 30.5. The summed E-state index contributed by atoms with van der Waals surface area (Å²) < 4.78 is 0. The van der Waals surface area contributed by atoms with E-state index in [-0.39, 0.29) is 0 Å². The molecule has 0 saturated carbocycles. The molecule has 0 radical (unpaired) electrons. The van der Waals surface area contributed by atoms with Crippen LogP contribution in [-0.4, -0.2) is 80.0 Å². The number of likely N-dealkylation sites (N-methyl/N-ethyl adjacent to an activating group) is 3. The molecule has 36 heavy (non-hydrogen) atoms. The fourth-order valence-electron chi connectivity index (χ4n) is 4.19. The molecule has 3 aromatic carbocycles. The van der Waals surface area contributed by atoms with Gasteiger partial charge in [-0.1, -0.05) is 91.0 Å². The second-order valence-corrected chi connectivity index (χ2v) is 9.51. The van der Waals surface area contributed by atoms with Gasteiger partial charge in [0.1, 0.15) is 0 Å². The molecule has 0 N–H and O–H groups in total. The zero-order chi connectivity index (χ0) is 26.0. The Labute approximate surface area is 231 Å². The zero-order valence-corrected chi connectivity index (χ0v) is 23.7. The molecular formula is C30H42ClCuN4+. The van der Waals surface area contributed by atoms with E-state index in [1.54, 1.807) is 0 Å². The summed E-state index contributed by atoms with van der Waals surface area (Å²) in [5.41, 5.74) is 4.13. The van der Waals surface area contributed by atoms with Crippen molar-refractivity contribution in [3.8, 4) is 0 Å². The van der Waals surface area contributed by atoms with Crippen molar-refractivity contribution in [3.05, 3.63) is 108 Å². The number of benzene rings is 3. The molecule has 0 aliphatic heterocycles. The molecule has 0 unspecified atom stereocenters. The van der Waals surface area contributed by atoms with E-state index in [4.69, 9.17) is 0 Å². The van der Waals surface area contributed by atoms with Crippen LogP contribution in [0.4, 0.5) is 0 Å². The molecule has 0 aromatic heterocycles. The van der Waals surface area contributed by atoms with Gasteiger partial charge in [-0.25, -0.2) is 0 Å². The molecule has 6 heteroatoms. The quantitative estimate of drug-likeness (QED) is 0.233. The van der Waals surface area contributed by atoms with Crippen LogP contribution in [0, 0.1) is 0 Å². The Morgan fingerprint density at radius 1 is 0.444 bits per heavy atom. The average Bonchev–Trinajstić information content (AvgIpc) is 2.91. The van der Waals surface area contributed by atoms with Crippen molar-refractivity contribution >= 4 is 10.1 Å². The SMILES string of the molecule is CN(CCN(CCN(C)Cc1ccccc1)CCN(C)Cc1ccccc1)Cc1ccccc1.[Cl][Cu+]. The average molecular weight is 558 g/mol. The molecule has 3 rings (SSSR count). The third-order valence-corrected chi connectivity index (χ3v) is 6.28. The van der Waals surface area contributed by atoms with E-state index in [0.29, 0.717) is 0 Å². The minimum absolute atomic E-state index is 0.997. The van der Waals surface area contributed by atoms with E-state index in [2.05, 4.69) is 157 Å². The van der Waals surface area contributed by atoms with E-state index < -0.39 is 0 Å². The monoisotopic (exact) mass is 556 g/mol. The maximum absolute atomic E-state index is 4.20. The summed E-state index contributed by atoms with van der Waals surface area (Å²) in [6.45, 7) is 9.45. The Bertz CT molecular complexity index is 792. The second kappa shape index (κ2) is 18.5. The Kier molecular flexibility index (Phi) is 15.7. The van der Waals surface area contributed by atoms with Crippen LogP contribution in [0.15, 0.2) is 91.0 Å². The predicted octanol–water partition coefficient (Wildman–Crippen LogP) is 5.37. The number of hydrogen-bond acceptors (Lipinski definition) is 4. The molecule has 4 nitrogen and oxygen atoms in total. The maximum atomic E-state index is 4.20. The van der Waals surface area contributed by atoms with Crippen molar-refractivity contribution in [1.29, 1.82) is 0 Å². The van der Waals surface area contributed by atoms with Crippen LogP contribution < -0.4 is 0 Å². The molecule has 0 heterocycles. The Morgan fingerprint density at radius 3 is 0.944 bits per heavy atom. The van der Waals surface area contributed by atoms with E-state index in [9.17, 15) is 0 Å². The molecule has 0 bridgehead atoms. The molecule has 3 aromatic rings. The number of rotatable bonds is 15. The van der Waals surface area contributed by atoms with Crippen LogP contribution in [0.5, 0.6) is 0 Å². The van der Waals surface area contributed by atoms with Crippen molar-refractivity contribution in [2.24, 2.45) is 0 Å². The van der Waals surface area contributed by atoms with Gasteiger partial charge in [-0.3, -0.25) is 4.90 Å².